The molecule has 5 nitrogen and oxygen atoms in total. The van der Waals surface area contributed by atoms with Crippen molar-refractivity contribution in [1.29, 1.82) is 0 Å². The van der Waals surface area contributed by atoms with Crippen molar-refractivity contribution in [2.75, 3.05) is 5.32 Å². The van der Waals surface area contributed by atoms with Crippen molar-refractivity contribution in [3.8, 4) is 0 Å². The fourth-order valence-corrected chi connectivity index (χ4v) is 1.99. The minimum atomic E-state index is -0.144. The number of nitrogens with zero attached hydrogens (tertiary/aromatic N) is 2. The molecule has 0 radical (unpaired) electrons. The Morgan fingerprint density at radius 1 is 1.18 bits per heavy atom. The maximum atomic E-state index is 12.0. The van der Waals surface area contributed by atoms with Gasteiger partial charge in [-0.25, -0.2) is 9.97 Å². The Morgan fingerprint density at radius 3 is 2.50 bits per heavy atom. The lowest BCUT2D eigenvalue weighted by Crippen LogP contribution is -2.32. The molecule has 0 fully saturated rings. The number of aromatic nitrogens is 2. The number of nitrogens with one attached hydrogen (secondary N) is 2. The third-order valence-corrected chi connectivity index (χ3v) is 3.55. The van der Waals surface area contributed by atoms with Gasteiger partial charge in [0.2, 0.25) is 5.95 Å². The summed E-state index contributed by atoms with van der Waals surface area (Å²) in [6.07, 6.45) is 4.90. The van der Waals surface area contributed by atoms with Crippen molar-refractivity contribution < 1.29 is 4.79 Å². The largest absolute Gasteiger partial charge is 0.350 e. The first-order valence-corrected chi connectivity index (χ1v) is 7.61. The fourth-order valence-electron chi connectivity index (χ4n) is 1.99. The van der Waals surface area contributed by atoms with Crippen LogP contribution < -0.4 is 10.6 Å². The van der Waals surface area contributed by atoms with Gasteiger partial charge in [0, 0.05) is 24.1 Å². The van der Waals surface area contributed by atoms with Gasteiger partial charge in [0.1, 0.15) is 0 Å². The minimum absolute atomic E-state index is 0.140. The van der Waals surface area contributed by atoms with E-state index < -0.39 is 0 Å². The monoisotopic (exact) mass is 298 g/mol. The molecule has 1 aromatic carbocycles. The highest BCUT2D eigenvalue weighted by Crippen LogP contribution is 2.18. The number of para-hydroxylation sites is 1. The Morgan fingerprint density at radius 2 is 1.86 bits per heavy atom. The van der Waals surface area contributed by atoms with Gasteiger partial charge in [-0.15, -0.1) is 0 Å². The Labute approximate surface area is 131 Å². The lowest BCUT2D eigenvalue weighted by Gasteiger charge is -2.12. The second-order valence-corrected chi connectivity index (χ2v) is 5.21. The molecule has 0 aliphatic carbocycles. The van der Waals surface area contributed by atoms with E-state index >= 15 is 0 Å². The van der Waals surface area contributed by atoms with Gasteiger partial charge in [-0.1, -0.05) is 32.0 Å². The van der Waals surface area contributed by atoms with Crippen LogP contribution in [0, 0.1) is 0 Å². The van der Waals surface area contributed by atoms with Crippen LogP contribution >= 0.6 is 0 Å². The van der Waals surface area contributed by atoms with E-state index in [4.69, 9.17) is 0 Å². The van der Waals surface area contributed by atoms with Crippen LogP contribution in [0.5, 0.6) is 0 Å². The standard InChI is InChI=1S/C17H22N4O/c1-4-12(3)20-16(22)14-10-18-17(19-11-14)21-15-9-7-6-8-13(15)5-2/h6-12H,4-5H2,1-3H3,(H,20,22)(H,18,19,21). The van der Waals surface area contributed by atoms with E-state index in [9.17, 15) is 4.79 Å². The summed E-state index contributed by atoms with van der Waals surface area (Å²) < 4.78 is 0. The molecule has 0 saturated heterocycles. The number of carbonyl (C=O) groups is 1. The Hall–Kier alpha value is -2.43. The molecule has 1 aromatic heterocycles. The normalized spacial score (nSPS) is 11.8. The average molecular weight is 298 g/mol. The molecule has 5 heteroatoms. The zero-order valence-corrected chi connectivity index (χ0v) is 13.3. The molecule has 0 aliphatic rings. The third-order valence-electron chi connectivity index (χ3n) is 3.55. The smallest absolute Gasteiger partial charge is 0.254 e. The highest BCUT2D eigenvalue weighted by molar-refractivity contribution is 5.93. The summed E-state index contributed by atoms with van der Waals surface area (Å²) in [5.41, 5.74) is 2.65. The topological polar surface area (TPSA) is 66.9 Å². The van der Waals surface area contributed by atoms with Crippen LogP contribution in [0.4, 0.5) is 11.6 Å². The zero-order valence-electron chi connectivity index (χ0n) is 13.3. The molecule has 2 aromatic rings. The number of carbonyl (C=O) groups excluding carboxylic acids is 1. The molecular formula is C17H22N4O. The van der Waals surface area contributed by atoms with Gasteiger partial charge in [0.15, 0.2) is 0 Å². The van der Waals surface area contributed by atoms with Gasteiger partial charge < -0.3 is 10.6 Å². The summed E-state index contributed by atoms with van der Waals surface area (Å²) in [5, 5.41) is 6.08. The highest BCUT2D eigenvalue weighted by atomic mass is 16.1. The number of amides is 1. The number of aryl methyl sites for hydroxylation is 1. The average Bonchev–Trinajstić information content (AvgIpc) is 2.55. The summed E-state index contributed by atoms with van der Waals surface area (Å²) in [6, 6.07) is 8.17. The Bertz CT molecular complexity index is 625. The van der Waals surface area contributed by atoms with Crippen molar-refractivity contribution in [2.24, 2.45) is 0 Å². The second-order valence-electron chi connectivity index (χ2n) is 5.21. The van der Waals surface area contributed by atoms with Crippen LogP contribution in [0.2, 0.25) is 0 Å². The van der Waals surface area contributed by atoms with Crippen molar-refractivity contribution in [1.82, 2.24) is 15.3 Å². The first-order valence-electron chi connectivity index (χ1n) is 7.61. The molecule has 0 bridgehead atoms. The maximum Gasteiger partial charge on any atom is 0.254 e. The summed E-state index contributed by atoms with van der Waals surface area (Å²) in [6.45, 7) is 6.10. The van der Waals surface area contributed by atoms with Crippen LogP contribution in [0.3, 0.4) is 0 Å². The third kappa shape index (κ3) is 4.04. The Kier molecular flexibility index (Phi) is 5.47. The second kappa shape index (κ2) is 7.54. The molecule has 116 valence electrons. The summed E-state index contributed by atoms with van der Waals surface area (Å²) in [5.74, 6) is 0.343. The number of hydrogen-bond acceptors (Lipinski definition) is 4. The van der Waals surface area contributed by atoms with E-state index in [2.05, 4.69) is 33.6 Å². The molecule has 2 N–H and O–H groups in total. The molecule has 1 unspecified atom stereocenters. The van der Waals surface area contributed by atoms with Crippen LogP contribution in [0.15, 0.2) is 36.7 Å². The van der Waals surface area contributed by atoms with Crippen LogP contribution in [0.1, 0.15) is 43.1 Å². The number of rotatable bonds is 6. The van der Waals surface area contributed by atoms with Crippen molar-refractivity contribution >= 4 is 17.5 Å². The van der Waals surface area contributed by atoms with Crippen molar-refractivity contribution in [3.05, 3.63) is 47.8 Å². The molecule has 1 heterocycles. The fraction of sp³-hybridized carbons (Fsp3) is 0.353. The van der Waals surface area contributed by atoms with Crippen LogP contribution in [-0.2, 0) is 6.42 Å². The van der Waals surface area contributed by atoms with E-state index in [-0.39, 0.29) is 11.9 Å². The van der Waals surface area contributed by atoms with Gasteiger partial charge in [0.05, 0.1) is 5.56 Å². The van der Waals surface area contributed by atoms with E-state index in [1.54, 1.807) is 12.4 Å². The van der Waals surface area contributed by atoms with Crippen molar-refractivity contribution in [3.63, 3.8) is 0 Å². The molecule has 0 spiro atoms. The lowest BCUT2D eigenvalue weighted by atomic mass is 10.1. The van der Waals surface area contributed by atoms with Gasteiger partial charge in [-0.3, -0.25) is 4.79 Å². The summed E-state index contributed by atoms with van der Waals surface area (Å²) >= 11 is 0. The van der Waals surface area contributed by atoms with Crippen LogP contribution in [0.25, 0.3) is 0 Å². The minimum Gasteiger partial charge on any atom is -0.350 e. The summed E-state index contributed by atoms with van der Waals surface area (Å²) in [4.78, 5) is 20.4. The van der Waals surface area contributed by atoms with Gasteiger partial charge in [-0.2, -0.15) is 0 Å². The quantitative estimate of drug-likeness (QED) is 0.858. The molecule has 1 atom stereocenters. The first-order chi connectivity index (χ1) is 10.6. The van der Waals surface area contributed by atoms with E-state index in [0.29, 0.717) is 11.5 Å². The number of hydrogen-bond donors (Lipinski definition) is 2. The van der Waals surface area contributed by atoms with E-state index in [0.717, 1.165) is 18.5 Å². The number of benzene rings is 1. The van der Waals surface area contributed by atoms with Crippen LogP contribution in [-0.4, -0.2) is 21.9 Å². The molecule has 2 rings (SSSR count). The lowest BCUT2D eigenvalue weighted by molar-refractivity contribution is 0.0938. The molecular weight excluding hydrogens is 276 g/mol. The highest BCUT2D eigenvalue weighted by Gasteiger charge is 2.10. The van der Waals surface area contributed by atoms with Gasteiger partial charge >= 0.3 is 0 Å². The molecule has 22 heavy (non-hydrogen) atoms. The predicted octanol–water partition coefficient (Wildman–Crippen LogP) is 3.31. The van der Waals surface area contributed by atoms with Gasteiger partial charge in [-0.05, 0) is 31.4 Å². The Balaban J connectivity index is 2.07. The van der Waals surface area contributed by atoms with Crippen molar-refractivity contribution in [2.45, 2.75) is 39.7 Å². The maximum absolute atomic E-state index is 12.0. The number of anilines is 2. The summed E-state index contributed by atoms with van der Waals surface area (Å²) in [7, 11) is 0. The van der Waals surface area contributed by atoms with Gasteiger partial charge in [0.25, 0.3) is 5.91 Å². The SMILES string of the molecule is CCc1ccccc1Nc1ncc(C(=O)NC(C)CC)cn1. The van der Waals surface area contributed by atoms with E-state index in [1.807, 2.05) is 32.0 Å². The van der Waals surface area contributed by atoms with E-state index in [1.165, 1.54) is 5.56 Å². The zero-order chi connectivity index (χ0) is 15.9. The predicted molar refractivity (Wildman–Crippen MR) is 88.4 cm³/mol. The first kappa shape index (κ1) is 15.9. The molecule has 0 aliphatic heterocycles. The molecule has 0 saturated carbocycles. The molecule has 1 amide bonds.